The first-order valence-electron chi connectivity index (χ1n) is 8.25. The van der Waals surface area contributed by atoms with Gasteiger partial charge in [-0.2, -0.15) is 5.10 Å². The van der Waals surface area contributed by atoms with E-state index in [0.29, 0.717) is 17.3 Å². The molecule has 1 unspecified atom stereocenters. The lowest BCUT2D eigenvalue weighted by Gasteiger charge is -2.23. The highest BCUT2D eigenvalue weighted by molar-refractivity contribution is 7.84. The van der Waals surface area contributed by atoms with Crippen LogP contribution >= 0.6 is 0 Å². The second-order valence-corrected chi connectivity index (χ2v) is 7.86. The number of allylic oxidation sites excluding steroid dienone is 2. The second-order valence-electron chi connectivity index (χ2n) is 6.56. The molecule has 1 atom stereocenters. The Bertz CT molecular complexity index is 754. The summed E-state index contributed by atoms with van der Waals surface area (Å²) in [6.07, 6.45) is 3.56. The molecule has 1 heterocycles. The molecule has 2 aliphatic carbocycles. The third-order valence-electron chi connectivity index (χ3n) is 4.75. The van der Waals surface area contributed by atoms with Crippen LogP contribution in [0, 0.1) is 12.8 Å². The van der Waals surface area contributed by atoms with E-state index in [0.717, 1.165) is 18.4 Å². The van der Waals surface area contributed by atoms with Gasteiger partial charge in [0.1, 0.15) is 10.8 Å². The molecule has 2 fully saturated rings. The highest BCUT2D eigenvalue weighted by Crippen LogP contribution is 2.41. The molecular weight excluding hydrogens is 328 g/mol. The standard InChI is InChI=1S/C17H22N2O4S/c1-4-19-17(24(3)23)14(9(2)18-19)11-7-12(20)15(13(21)8-11)16(22)10-5-6-10/h10-11,22H,4-8H2,1-3H3. The lowest BCUT2D eigenvalue weighted by atomic mass is 9.79. The number of Topliss-reactive ketones (excluding diaryl/α,β-unsaturated/α-hetero) is 2. The summed E-state index contributed by atoms with van der Waals surface area (Å²) in [7, 11) is -1.25. The first-order valence-corrected chi connectivity index (χ1v) is 9.81. The lowest BCUT2D eigenvalue weighted by Crippen LogP contribution is -2.27. The largest absolute Gasteiger partial charge is 0.511 e. The van der Waals surface area contributed by atoms with Crippen LogP contribution in [0.15, 0.2) is 16.4 Å². The average Bonchev–Trinajstić information content (AvgIpc) is 3.29. The topological polar surface area (TPSA) is 89.3 Å². The van der Waals surface area contributed by atoms with E-state index >= 15 is 0 Å². The molecule has 1 aromatic rings. The highest BCUT2D eigenvalue weighted by atomic mass is 32.2. The summed E-state index contributed by atoms with van der Waals surface area (Å²) in [6, 6.07) is 0. The molecule has 0 aliphatic heterocycles. The van der Waals surface area contributed by atoms with Crippen molar-refractivity contribution >= 4 is 22.4 Å². The molecule has 0 amide bonds. The molecule has 0 bridgehead atoms. The molecule has 7 heteroatoms. The van der Waals surface area contributed by atoms with Crippen molar-refractivity contribution < 1.29 is 18.9 Å². The van der Waals surface area contributed by atoms with Crippen molar-refractivity contribution in [3.63, 3.8) is 0 Å². The van der Waals surface area contributed by atoms with Crippen LogP contribution in [0.1, 0.15) is 49.8 Å². The Labute approximate surface area is 143 Å². The molecule has 0 aromatic carbocycles. The van der Waals surface area contributed by atoms with E-state index in [4.69, 9.17) is 0 Å². The summed E-state index contributed by atoms with van der Waals surface area (Å²) in [5.74, 6) is -0.981. The third kappa shape index (κ3) is 2.85. The number of aryl methyl sites for hydroxylation is 2. The normalized spacial score (nSPS) is 22.8. The van der Waals surface area contributed by atoms with Crippen LogP contribution in [0.2, 0.25) is 0 Å². The number of rotatable bonds is 4. The number of aliphatic hydroxyl groups is 1. The molecule has 0 spiro atoms. The summed E-state index contributed by atoms with van der Waals surface area (Å²) in [4.78, 5) is 25.0. The molecule has 3 rings (SSSR count). The molecule has 2 aliphatic rings. The van der Waals surface area contributed by atoms with Gasteiger partial charge in [-0.3, -0.25) is 18.5 Å². The van der Waals surface area contributed by atoms with Crippen LogP contribution in [-0.4, -0.2) is 36.9 Å². The van der Waals surface area contributed by atoms with E-state index in [2.05, 4.69) is 5.10 Å². The summed E-state index contributed by atoms with van der Waals surface area (Å²) in [5.41, 5.74) is 1.46. The number of nitrogens with zero attached hydrogens (tertiary/aromatic N) is 2. The molecule has 1 N–H and O–H groups in total. The molecule has 130 valence electrons. The van der Waals surface area contributed by atoms with Crippen molar-refractivity contribution in [2.45, 2.75) is 57.0 Å². The number of carbonyl (C=O) groups is 2. The molecule has 0 saturated heterocycles. The summed E-state index contributed by atoms with van der Waals surface area (Å²) < 4.78 is 13.8. The van der Waals surface area contributed by atoms with Gasteiger partial charge >= 0.3 is 0 Å². The quantitative estimate of drug-likeness (QED) is 0.511. The van der Waals surface area contributed by atoms with E-state index in [1.165, 1.54) is 0 Å². The Balaban J connectivity index is 1.98. The van der Waals surface area contributed by atoms with Gasteiger partial charge in [0, 0.05) is 43.0 Å². The molecule has 6 nitrogen and oxygen atoms in total. The highest BCUT2D eigenvalue weighted by Gasteiger charge is 2.40. The van der Waals surface area contributed by atoms with E-state index in [1.807, 2.05) is 13.8 Å². The minimum absolute atomic E-state index is 0.00606. The first-order chi connectivity index (χ1) is 11.3. The van der Waals surface area contributed by atoms with Crippen LogP contribution in [0.25, 0.3) is 0 Å². The number of hydrogen-bond donors (Lipinski definition) is 1. The van der Waals surface area contributed by atoms with Crippen molar-refractivity contribution in [3.8, 4) is 0 Å². The van der Waals surface area contributed by atoms with Gasteiger partial charge in [-0.15, -0.1) is 0 Å². The predicted octanol–water partition coefficient (Wildman–Crippen LogP) is 2.19. The zero-order chi connectivity index (χ0) is 17.6. The summed E-state index contributed by atoms with van der Waals surface area (Å²) >= 11 is 0. The second kappa shape index (κ2) is 6.27. The number of aromatic nitrogens is 2. The van der Waals surface area contributed by atoms with Gasteiger partial charge in [0.2, 0.25) is 0 Å². The SMILES string of the molecule is CCn1nc(C)c(C2CC(=O)C(=C(O)C3CC3)C(=O)C2)c1S(C)=O. The predicted molar refractivity (Wildman–Crippen MR) is 89.3 cm³/mol. The molecule has 2 saturated carbocycles. The van der Waals surface area contributed by atoms with Gasteiger partial charge in [-0.25, -0.2) is 0 Å². The van der Waals surface area contributed by atoms with Crippen molar-refractivity contribution in [2.24, 2.45) is 5.92 Å². The maximum atomic E-state index is 12.5. The van der Waals surface area contributed by atoms with E-state index in [1.54, 1.807) is 10.9 Å². The number of ketones is 2. The van der Waals surface area contributed by atoms with Crippen molar-refractivity contribution in [1.29, 1.82) is 0 Å². The molecule has 24 heavy (non-hydrogen) atoms. The van der Waals surface area contributed by atoms with Gasteiger partial charge < -0.3 is 5.11 Å². The van der Waals surface area contributed by atoms with Crippen LogP contribution in [0.4, 0.5) is 0 Å². The van der Waals surface area contributed by atoms with Gasteiger partial charge in [0.05, 0.1) is 22.1 Å². The molecular formula is C17H22N2O4S. The number of hydrogen-bond acceptors (Lipinski definition) is 5. The zero-order valence-electron chi connectivity index (χ0n) is 14.2. The zero-order valence-corrected chi connectivity index (χ0v) is 15.0. The Kier molecular flexibility index (Phi) is 4.46. The Morgan fingerprint density at radius 2 is 1.88 bits per heavy atom. The van der Waals surface area contributed by atoms with Crippen LogP contribution < -0.4 is 0 Å². The fourth-order valence-corrected chi connectivity index (χ4v) is 4.58. The molecule has 1 aromatic heterocycles. The number of carbonyl (C=O) groups excluding carboxylic acids is 2. The summed E-state index contributed by atoms with van der Waals surface area (Å²) in [5, 5.41) is 15.1. The Morgan fingerprint density at radius 1 is 1.29 bits per heavy atom. The van der Waals surface area contributed by atoms with Gasteiger partial charge in [0.15, 0.2) is 11.6 Å². The third-order valence-corrected chi connectivity index (χ3v) is 5.72. The average molecular weight is 350 g/mol. The monoisotopic (exact) mass is 350 g/mol. The van der Waals surface area contributed by atoms with Gasteiger partial charge in [-0.1, -0.05) is 0 Å². The van der Waals surface area contributed by atoms with Gasteiger partial charge in [0.25, 0.3) is 0 Å². The fraction of sp³-hybridized carbons (Fsp3) is 0.588. The van der Waals surface area contributed by atoms with E-state index < -0.39 is 10.8 Å². The fourth-order valence-electron chi connectivity index (χ4n) is 3.49. The van der Waals surface area contributed by atoms with Crippen LogP contribution in [0.3, 0.4) is 0 Å². The summed E-state index contributed by atoms with van der Waals surface area (Å²) in [6.45, 7) is 4.32. The Morgan fingerprint density at radius 3 is 2.33 bits per heavy atom. The molecule has 0 radical (unpaired) electrons. The minimum atomic E-state index is -1.25. The number of aliphatic hydroxyl groups excluding tert-OH is 1. The maximum absolute atomic E-state index is 12.5. The van der Waals surface area contributed by atoms with Crippen molar-refractivity contribution in [2.75, 3.05) is 6.26 Å². The van der Waals surface area contributed by atoms with Crippen LogP contribution in [-0.2, 0) is 26.9 Å². The Hall–Kier alpha value is -1.76. The lowest BCUT2D eigenvalue weighted by molar-refractivity contribution is -0.124. The van der Waals surface area contributed by atoms with E-state index in [9.17, 15) is 18.9 Å². The van der Waals surface area contributed by atoms with Crippen molar-refractivity contribution in [1.82, 2.24) is 9.78 Å². The minimum Gasteiger partial charge on any atom is -0.511 e. The maximum Gasteiger partial charge on any atom is 0.170 e. The van der Waals surface area contributed by atoms with Crippen molar-refractivity contribution in [3.05, 3.63) is 22.6 Å². The van der Waals surface area contributed by atoms with E-state index in [-0.39, 0.29) is 47.6 Å². The first kappa shape index (κ1) is 17.1. The smallest absolute Gasteiger partial charge is 0.170 e. The van der Waals surface area contributed by atoms with Gasteiger partial charge in [-0.05, 0) is 26.7 Å². The van der Waals surface area contributed by atoms with Crippen LogP contribution in [0.5, 0.6) is 0 Å².